The largest absolute Gasteiger partial charge is 0.227 e. The molecule has 0 heterocycles. The molecule has 0 N–H and O–H groups in total. The molecule has 0 aromatic heterocycles. The van der Waals surface area contributed by atoms with Crippen molar-refractivity contribution in [3.63, 3.8) is 0 Å². The van der Waals surface area contributed by atoms with Crippen molar-refractivity contribution in [3.8, 4) is 11.1 Å². The fraction of sp³-hybridized carbons (Fsp3) is 0. The van der Waals surface area contributed by atoms with E-state index in [1.165, 1.54) is 24.3 Å². The first-order valence-corrected chi connectivity index (χ1v) is 6.82. The van der Waals surface area contributed by atoms with E-state index < -0.39 is 16.5 Å². The van der Waals surface area contributed by atoms with Crippen molar-refractivity contribution in [2.45, 2.75) is 4.90 Å². The summed E-state index contributed by atoms with van der Waals surface area (Å²) < 4.78 is 35.8. The minimum absolute atomic E-state index is 0.133. The van der Waals surface area contributed by atoms with Crippen molar-refractivity contribution in [3.05, 3.63) is 52.3 Å². The minimum Gasteiger partial charge on any atom is -0.227 e. The zero-order valence-electron chi connectivity index (χ0n) is 8.86. The molecule has 0 fully saturated rings. The van der Waals surface area contributed by atoms with Gasteiger partial charge < -0.3 is 0 Å². The summed E-state index contributed by atoms with van der Waals surface area (Å²) in [7, 11) is -2.98. The van der Waals surface area contributed by atoms with Crippen LogP contribution in [0, 0.1) is 5.82 Å². The summed E-state index contributed by atoms with van der Waals surface area (Å²) in [4.78, 5) is -0.353. The van der Waals surface area contributed by atoms with Crippen molar-refractivity contribution in [2.75, 3.05) is 0 Å². The first-order chi connectivity index (χ1) is 8.50. The Hall–Kier alpha value is -1.10. The quantitative estimate of drug-likeness (QED) is 0.857. The fourth-order valence-corrected chi connectivity index (χ4v) is 2.58. The lowest BCUT2D eigenvalue weighted by atomic mass is 10.1. The van der Waals surface area contributed by atoms with Gasteiger partial charge in [-0.3, -0.25) is 0 Å². The maximum Gasteiger partial charge on any atom is 0.171 e. The molecule has 0 atom stereocenters. The molecule has 0 saturated heterocycles. The van der Waals surface area contributed by atoms with Crippen molar-refractivity contribution >= 4 is 33.9 Å². The maximum absolute atomic E-state index is 14.0. The van der Waals surface area contributed by atoms with E-state index in [2.05, 4.69) is 0 Å². The fourth-order valence-electron chi connectivity index (χ4n) is 1.58. The van der Waals surface area contributed by atoms with Gasteiger partial charge in [0.2, 0.25) is 0 Å². The molecule has 0 spiro atoms. The molecule has 0 aliphatic heterocycles. The van der Waals surface area contributed by atoms with Crippen LogP contribution in [0.5, 0.6) is 0 Å². The Morgan fingerprint density at radius 2 is 1.72 bits per heavy atom. The number of halogens is 3. The molecule has 94 valence electrons. The van der Waals surface area contributed by atoms with Gasteiger partial charge in [0, 0.05) is 21.2 Å². The first-order valence-electron chi connectivity index (χ1n) is 4.89. The molecule has 18 heavy (non-hydrogen) atoms. The van der Waals surface area contributed by atoms with Crippen molar-refractivity contribution < 1.29 is 12.8 Å². The average Bonchev–Trinajstić information content (AvgIpc) is 2.30. The molecule has 0 aliphatic rings. The first kappa shape index (κ1) is 13.3. The molecule has 0 radical (unpaired) electrons. The normalized spacial score (nSPS) is 10.9. The SMILES string of the molecule is O=[SH](=O)c1cccc(-c2ccc(Cl)cc2Cl)c1F. The maximum atomic E-state index is 14.0. The van der Waals surface area contributed by atoms with Gasteiger partial charge in [-0.1, -0.05) is 41.4 Å². The second-order valence-electron chi connectivity index (χ2n) is 3.52. The monoisotopic (exact) mass is 304 g/mol. The number of hydrogen-bond acceptors (Lipinski definition) is 2. The molecule has 2 aromatic rings. The van der Waals surface area contributed by atoms with Crippen LogP contribution in [-0.4, -0.2) is 8.42 Å². The molecule has 0 saturated carbocycles. The Morgan fingerprint density at radius 3 is 2.33 bits per heavy atom. The lowest BCUT2D eigenvalue weighted by Crippen LogP contribution is -1.92. The van der Waals surface area contributed by atoms with Crippen molar-refractivity contribution in [1.29, 1.82) is 0 Å². The van der Waals surface area contributed by atoms with E-state index in [4.69, 9.17) is 23.2 Å². The molecular formula is C12H7Cl2FO2S. The van der Waals surface area contributed by atoms with Gasteiger partial charge in [-0.05, 0) is 18.2 Å². The molecule has 0 aliphatic carbocycles. The second-order valence-corrected chi connectivity index (χ2v) is 5.36. The van der Waals surface area contributed by atoms with Crippen LogP contribution >= 0.6 is 23.2 Å². The summed E-state index contributed by atoms with van der Waals surface area (Å²) in [5, 5.41) is 0.690. The summed E-state index contributed by atoms with van der Waals surface area (Å²) in [6, 6.07) is 8.71. The highest BCUT2D eigenvalue weighted by atomic mass is 35.5. The molecule has 6 heteroatoms. The van der Waals surface area contributed by atoms with Gasteiger partial charge >= 0.3 is 0 Å². The zero-order valence-corrected chi connectivity index (χ0v) is 11.3. The van der Waals surface area contributed by atoms with Crippen LogP contribution in [0.4, 0.5) is 4.39 Å². The van der Waals surface area contributed by atoms with Gasteiger partial charge in [-0.15, -0.1) is 0 Å². The van der Waals surface area contributed by atoms with Gasteiger partial charge in [0.05, 0.1) is 0 Å². The summed E-state index contributed by atoms with van der Waals surface area (Å²) in [6.07, 6.45) is 0. The molecule has 0 bridgehead atoms. The predicted molar refractivity (Wildman–Crippen MR) is 70.4 cm³/mol. The Labute approximate surface area is 115 Å². The van der Waals surface area contributed by atoms with Crippen LogP contribution in [0.15, 0.2) is 41.3 Å². The van der Waals surface area contributed by atoms with Gasteiger partial charge in [-0.25, -0.2) is 12.8 Å². The van der Waals surface area contributed by atoms with E-state index in [0.29, 0.717) is 10.6 Å². The van der Waals surface area contributed by atoms with Crippen LogP contribution in [0.2, 0.25) is 10.0 Å². The smallest absolute Gasteiger partial charge is 0.171 e. The van der Waals surface area contributed by atoms with Crippen LogP contribution in [0.1, 0.15) is 0 Å². The van der Waals surface area contributed by atoms with Crippen LogP contribution in [0.25, 0.3) is 11.1 Å². The topological polar surface area (TPSA) is 34.1 Å². The van der Waals surface area contributed by atoms with Crippen LogP contribution in [0.3, 0.4) is 0 Å². The summed E-state index contributed by atoms with van der Waals surface area (Å²) >= 11 is 11.7. The Morgan fingerprint density at radius 1 is 1.00 bits per heavy atom. The van der Waals surface area contributed by atoms with Crippen molar-refractivity contribution in [1.82, 2.24) is 0 Å². The third-order valence-corrected chi connectivity index (χ3v) is 3.68. The van der Waals surface area contributed by atoms with Crippen LogP contribution in [-0.2, 0) is 10.7 Å². The third-order valence-electron chi connectivity index (χ3n) is 2.40. The zero-order chi connectivity index (χ0) is 13.3. The average molecular weight is 305 g/mol. The number of hydrogen-bond donors (Lipinski definition) is 1. The highest BCUT2D eigenvalue weighted by molar-refractivity contribution is 7.72. The Bertz CT molecular complexity index is 676. The Balaban J connectivity index is 2.68. The van der Waals surface area contributed by atoms with Crippen LogP contribution < -0.4 is 0 Å². The highest BCUT2D eigenvalue weighted by Crippen LogP contribution is 2.33. The number of thiol groups is 1. The molecule has 2 nitrogen and oxygen atoms in total. The second kappa shape index (κ2) is 5.26. The Kier molecular flexibility index (Phi) is 3.90. The molecule has 2 rings (SSSR count). The van der Waals surface area contributed by atoms with Gasteiger partial charge in [0.15, 0.2) is 10.7 Å². The van der Waals surface area contributed by atoms with E-state index in [1.54, 1.807) is 12.1 Å². The van der Waals surface area contributed by atoms with Gasteiger partial charge in [0.25, 0.3) is 0 Å². The number of benzene rings is 2. The predicted octanol–water partition coefficient (Wildman–Crippen LogP) is 3.77. The highest BCUT2D eigenvalue weighted by Gasteiger charge is 2.13. The van der Waals surface area contributed by atoms with Gasteiger partial charge in [-0.2, -0.15) is 0 Å². The lowest BCUT2D eigenvalue weighted by Gasteiger charge is -2.07. The minimum atomic E-state index is -2.98. The summed E-state index contributed by atoms with van der Waals surface area (Å²) in [5.41, 5.74) is 0.533. The van der Waals surface area contributed by atoms with E-state index in [-0.39, 0.29) is 15.5 Å². The number of rotatable bonds is 2. The molecule has 0 amide bonds. The van der Waals surface area contributed by atoms with E-state index in [9.17, 15) is 12.8 Å². The summed E-state index contributed by atoms with van der Waals surface area (Å²) in [5.74, 6) is -0.808. The molecular weight excluding hydrogens is 298 g/mol. The summed E-state index contributed by atoms with van der Waals surface area (Å²) in [6.45, 7) is 0. The third kappa shape index (κ3) is 2.51. The molecule has 0 unspecified atom stereocenters. The van der Waals surface area contributed by atoms with Crippen molar-refractivity contribution in [2.24, 2.45) is 0 Å². The van der Waals surface area contributed by atoms with E-state index in [0.717, 1.165) is 0 Å². The van der Waals surface area contributed by atoms with E-state index in [1.807, 2.05) is 0 Å². The standard InChI is InChI=1S/C12H7Cl2FO2S/c13-7-4-5-8(10(14)6-7)9-2-1-3-11(12(9)15)18(16)17/h1-6,18H. The van der Waals surface area contributed by atoms with E-state index >= 15 is 0 Å². The molecule has 2 aromatic carbocycles. The van der Waals surface area contributed by atoms with Gasteiger partial charge in [0.1, 0.15) is 10.7 Å². The lowest BCUT2D eigenvalue weighted by molar-refractivity contribution is 0.581.